The zero-order chi connectivity index (χ0) is 15.6. The third-order valence-electron chi connectivity index (χ3n) is 3.73. The Kier molecular flexibility index (Phi) is 5.59. The average Bonchev–Trinajstić information content (AvgIpc) is 2.37. The molecule has 0 aromatic heterocycles. The van der Waals surface area contributed by atoms with Gasteiger partial charge in [0.2, 0.25) is 0 Å². The van der Waals surface area contributed by atoms with E-state index in [1.807, 2.05) is 12.1 Å². The second-order valence-corrected chi connectivity index (χ2v) is 11.4. The van der Waals surface area contributed by atoms with Crippen LogP contribution >= 0.6 is 22.9 Å². The van der Waals surface area contributed by atoms with Crippen molar-refractivity contribution >= 4 is 36.9 Å². The van der Waals surface area contributed by atoms with E-state index >= 15 is 0 Å². The summed E-state index contributed by atoms with van der Waals surface area (Å²) in [6.07, 6.45) is 0. The number of hydrogen-bond acceptors (Lipinski definition) is 4. The lowest BCUT2D eigenvalue weighted by molar-refractivity contribution is 0.355. The van der Waals surface area contributed by atoms with Crippen molar-refractivity contribution in [2.75, 3.05) is 17.7 Å². The molecule has 0 saturated carbocycles. The number of methoxy groups -OCH3 is 2. The van der Waals surface area contributed by atoms with Crippen molar-refractivity contribution in [3.05, 3.63) is 12.1 Å². The molecule has 6 heteroatoms. The molecular weight excluding hydrogens is 385 g/mol. The van der Waals surface area contributed by atoms with E-state index in [1.54, 1.807) is 14.2 Å². The van der Waals surface area contributed by atoms with Gasteiger partial charge in [-0.1, -0.05) is 20.8 Å². The number of benzene rings is 1. The van der Waals surface area contributed by atoms with E-state index in [0.29, 0.717) is 17.2 Å². The van der Waals surface area contributed by atoms with Gasteiger partial charge in [-0.25, -0.2) is 0 Å². The van der Waals surface area contributed by atoms with Crippen molar-refractivity contribution in [1.29, 1.82) is 0 Å². The summed E-state index contributed by atoms with van der Waals surface area (Å²) in [6.45, 7) is 11.0. The fourth-order valence-electron chi connectivity index (χ4n) is 1.44. The van der Waals surface area contributed by atoms with Crippen molar-refractivity contribution in [2.24, 2.45) is 0 Å². The SMILES string of the molecule is COc1cc(NI)cc(OC)c1O[Si](C)(C)C(C)(C)C. The molecule has 0 spiro atoms. The Morgan fingerprint density at radius 1 is 1.05 bits per heavy atom. The molecule has 0 atom stereocenters. The van der Waals surface area contributed by atoms with Crippen LogP contribution < -0.4 is 17.4 Å². The number of anilines is 1. The van der Waals surface area contributed by atoms with Gasteiger partial charge in [0.1, 0.15) is 0 Å². The van der Waals surface area contributed by atoms with Crippen LogP contribution in [0.2, 0.25) is 18.1 Å². The predicted octanol–water partition coefficient (Wildman–Crippen LogP) is 4.85. The topological polar surface area (TPSA) is 39.7 Å². The lowest BCUT2D eigenvalue weighted by Crippen LogP contribution is -2.44. The number of hydrogen-bond donors (Lipinski definition) is 1. The van der Waals surface area contributed by atoms with Crippen molar-refractivity contribution in [3.8, 4) is 17.2 Å². The molecule has 1 N–H and O–H groups in total. The number of rotatable bonds is 5. The molecule has 0 radical (unpaired) electrons. The summed E-state index contributed by atoms with van der Waals surface area (Å²) < 4.78 is 20.4. The molecular formula is C14H24INO3Si. The van der Waals surface area contributed by atoms with Crippen molar-refractivity contribution in [1.82, 2.24) is 0 Å². The molecule has 0 fully saturated rings. The van der Waals surface area contributed by atoms with Crippen LogP contribution in [0.25, 0.3) is 0 Å². The second-order valence-electron chi connectivity index (χ2n) is 6.17. The summed E-state index contributed by atoms with van der Waals surface area (Å²) >= 11 is 2.08. The smallest absolute Gasteiger partial charge is 0.250 e. The van der Waals surface area contributed by atoms with Gasteiger partial charge in [0.25, 0.3) is 8.32 Å². The molecule has 0 heterocycles. The fourth-order valence-corrected chi connectivity index (χ4v) is 2.77. The third-order valence-corrected chi connectivity index (χ3v) is 8.68. The minimum Gasteiger partial charge on any atom is -0.539 e. The first kappa shape index (κ1) is 17.4. The molecule has 0 aliphatic heterocycles. The lowest BCUT2D eigenvalue weighted by Gasteiger charge is -2.37. The number of halogens is 1. The first-order valence-electron chi connectivity index (χ1n) is 6.48. The van der Waals surface area contributed by atoms with Crippen LogP contribution in [0.1, 0.15) is 20.8 Å². The fraction of sp³-hybridized carbons (Fsp3) is 0.571. The third kappa shape index (κ3) is 3.72. The molecule has 1 aromatic carbocycles. The van der Waals surface area contributed by atoms with Crippen LogP contribution in [0.15, 0.2) is 12.1 Å². The maximum Gasteiger partial charge on any atom is 0.250 e. The maximum atomic E-state index is 6.37. The highest BCUT2D eigenvalue weighted by molar-refractivity contribution is 14.1. The predicted molar refractivity (Wildman–Crippen MR) is 95.0 cm³/mol. The van der Waals surface area contributed by atoms with Gasteiger partial charge in [0.05, 0.1) is 42.8 Å². The van der Waals surface area contributed by atoms with Gasteiger partial charge in [-0.2, -0.15) is 0 Å². The molecule has 0 aliphatic carbocycles. The van der Waals surface area contributed by atoms with Gasteiger partial charge in [-0.3, -0.25) is 0 Å². The highest BCUT2D eigenvalue weighted by atomic mass is 127. The van der Waals surface area contributed by atoms with Gasteiger partial charge in [-0.05, 0) is 18.1 Å². The first-order chi connectivity index (χ1) is 9.16. The summed E-state index contributed by atoms with van der Waals surface area (Å²) in [5.74, 6) is 2.07. The van der Waals surface area contributed by atoms with E-state index in [1.165, 1.54) is 0 Å². The van der Waals surface area contributed by atoms with E-state index in [4.69, 9.17) is 13.9 Å². The molecule has 0 bridgehead atoms. The standard InChI is InChI=1S/C14H24INO3Si/c1-14(2,3)20(6,7)19-13-11(17-4)8-10(16-15)9-12(13)18-5/h8-9,16H,1-7H3. The van der Waals surface area contributed by atoms with Crippen LogP contribution in [0, 0.1) is 0 Å². The summed E-state index contributed by atoms with van der Waals surface area (Å²) in [5.41, 5.74) is 0.918. The van der Waals surface area contributed by atoms with Crippen LogP contribution in [0.4, 0.5) is 5.69 Å². The van der Waals surface area contributed by atoms with E-state index in [9.17, 15) is 0 Å². The molecule has 1 aromatic rings. The van der Waals surface area contributed by atoms with Gasteiger partial charge in [0, 0.05) is 12.1 Å². The minimum absolute atomic E-state index is 0.114. The maximum absolute atomic E-state index is 6.37. The Balaban J connectivity index is 3.30. The summed E-state index contributed by atoms with van der Waals surface area (Å²) in [6, 6.07) is 3.83. The highest BCUT2D eigenvalue weighted by Gasteiger charge is 2.40. The molecule has 0 aliphatic rings. The lowest BCUT2D eigenvalue weighted by atomic mass is 10.2. The van der Waals surface area contributed by atoms with Gasteiger partial charge in [0.15, 0.2) is 17.2 Å². The Bertz CT molecular complexity index is 447. The zero-order valence-electron chi connectivity index (χ0n) is 13.3. The number of ether oxygens (including phenoxy) is 2. The van der Waals surface area contributed by atoms with Crippen LogP contribution in [0.5, 0.6) is 17.2 Å². The van der Waals surface area contributed by atoms with Gasteiger partial charge >= 0.3 is 0 Å². The summed E-state index contributed by atoms with van der Waals surface area (Å²) in [4.78, 5) is 0. The normalized spacial score (nSPS) is 12.0. The van der Waals surface area contributed by atoms with Crippen LogP contribution in [-0.4, -0.2) is 22.5 Å². The average molecular weight is 409 g/mol. The van der Waals surface area contributed by atoms with E-state index < -0.39 is 8.32 Å². The Hall–Kier alpha value is -0.633. The molecule has 20 heavy (non-hydrogen) atoms. The summed E-state index contributed by atoms with van der Waals surface area (Å²) in [5, 5.41) is 0.114. The highest BCUT2D eigenvalue weighted by Crippen LogP contribution is 2.45. The van der Waals surface area contributed by atoms with Gasteiger partial charge < -0.3 is 17.4 Å². The molecule has 0 unspecified atom stereocenters. The first-order valence-corrected chi connectivity index (χ1v) is 10.5. The van der Waals surface area contributed by atoms with E-state index in [-0.39, 0.29) is 5.04 Å². The van der Waals surface area contributed by atoms with E-state index in [2.05, 4.69) is 60.3 Å². The number of nitrogens with one attached hydrogen (secondary N) is 1. The Morgan fingerprint density at radius 2 is 1.50 bits per heavy atom. The Morgan fingerprint density at radius 3 is 1.80 bits per heavy atom. The molecule has 4 nitrogen and oxygen atoms in total. The molecule has 114 valence electrons. The molecule has 1 rings (SSSR count). The second kappa shape index (κ2) is 6.42. The Labute approximate surface area is 136 Å². The quantitative estimate of drug-likeness (QED) is 0.429. The molecule has 0 saturated heterocycles. The van der Waals surface area contributed by atoms with Crippen LogP contribution in [-0.2, 0) is 0 Å². The zero-order valence-corrected chi connectivity index (χ0v) is 16.4. The summed E-state index contributed by atoms with van der Waals surface area (Å²) in [7, 11) is 1.34. The largest absolute Gasteiger partial charge is 0.539 e. The molecule has 0 amide bonds. The van der Waals surface area contributed by atoms with Crippen molar-refractivity contribution in [2.45, 2.75) is 38.9 Å². The van der Waals surface area contributed by atoms with E-state index in [0.717, 1.165) is 5.69 Å². The van der Waals surface area contributed by atoms with Crippen LogP contribution in [0.3, 0.4) is 0 Å². The minimum atomic E-state index is -1.95. The van der Waals surface area contributed by atoms with Gasteiger partial charge in [-0.15, -0.1) is 0 Å². The van der Waals surface area contributed by atoms with Crippen molar-refractivity contribution < 1.29 is 13.9 Å². The monoisotopic (exact) mass is 409 g/mol. The van der Waals surface area contributed by atoms with Crippen molar-refractivity contribution in [3.63, 3.8) is 0 Å².